The Hall–Kier alpha value is -2.79. The molecule has 3 aliphatic rings. The van der Waals surface area contributed by atoms with E-state index in [4.69, 9.17) is 23.9 Å². The monoisotopic (exact) mass is 551 g/mol. The molecule has 11 heteroatoms. The number of nitrogens with one attached hydrogen (secondary N) is 1. The zero-order valence-electron chi connectivity index (χ0n) is 22.3. The summed E-state index contributed by atoms with van der Waals surface area (Å²) in [6, 6.07) is 1.88. The van der Waals surface area contributed by atoms with Gasteiger partial charge in [-0.2, -0.15) is 13.2 Å². The first kappa shape index (κ1) is 27.8. The number of nitrogens with zero attached hydrogens (tertiary/aromatic N) is 2. The number of benzene rings is 1. The van der Waals surface area contributed by atoms with Gasteiger partial charge in [0, 0.05) is 31.9 Å². The van der Waals surface area contributed by atoms with E-state index in [-0.39, 0.29) is 23.3 Å². The Bertz CT molecular complexity index is 1180. The number of ether oxygens (including phenoxy) is 4. The first-order valence-electron chi connectivity index (χ1n) is 13.9. The van der Waals surface area contributed by atoms with Crippen LogP contribution in [0.15, 0.2) is 6.07 Å². The zero-order valence-corrected chi connectivity index (χ0v) is 22.3. The minimum absolute atomic E-state index is 0.0269. The number of likely N-dealkylation sites (tertiary alicyclic amines) is 1. The summed E-state index contributed by atoms with van der Waals surface area (Å²) in [6.07, 6.45) is 2.81. The lowest BCUT2D eigenvalue weighted by Crippen LogP contribution is -2.29. The number of pyridine rings is 1. The van der Waals surface area contributed by atoms with Crippen molar-refractivity contribution in [2.75, 3.05) is 51.9 Å². The summed E-state index contributed by atoms with van der Waals surface area (Å²) in [6.45, 7) is 4.67. The second kappa shape index (κ2) is 12.2. The van der Waals surface area contributed by atoms with Gasteiger partial charge in [-0.15, -0.1) is 0 Å². The molecule has 2 aliphatic heterocycles. The number of aryl methyl sites for hydroxylation is 1. The van der Waals surface area contributed by atoms with Gasteiger partial charge in [-0.1, -0.05) is 0 Å². The van der Waals surface area contributed by atoms with Crippen LogP contribution in [0.1, 0.15) is 56.1 Å². The molecule has 214 valence electrons. The van der Waals surface area contributed by atoms with Gasteiger partial charge < -0.3 is 29.2 Å². The van der Waals surface area contributed by atoms with Gasteiger partial charge in [-0.3, -0.25) is 0 Å². The SMILES string of the molecule is COc1c(OCCCN2CCCC2)cc2nc(NC3CCOCC3)c3c(c2c1OC(=O)C(F)(F)F)CCCC3. The van der Waals surface area contributed by atoms with Gasteiger partial charge in [-0.25, -0.2) is 9.78 Å². The summed E-state index contributed by atoms with van der Waals surface area (Å²) >= 11 is 0. The van der Waals surface area contributed by atoms with E-state index in [9.17, 15) is 18.0 Å². The second-order valence-corrected chi connectivity index (χ2v) is 10.4. The van der Waals surface area contributed by atoms with Gasteiger partial charge in [0.25, 0.3) is 0 Å². The molecule has 2 fully saturated rings. The maximum absolute atomic E-state index is 13.3. The fraction of sp³-hybridized carbons (Fsp3) is 0.643. The zero-order chi connectivity index (χ0) is 27.4. The van der Waals surface area contributed by atoms with E-state index in [1.54, 1.807) is 6.07 Å². The third-order valence-corrected chi connectivity index (χ3v) is 7.74. The Morgan fingerprint density at radius 2 is 1.82 bits per heavy atom. The number of rotatable bonds is 9. The number of methoxy groups -OCH3 is 1. The molecule has 1 aliphatic carbocycles. The van der Waals surface area contributed by atoms with Crippen molar-refractivity contribution in [2.24, 2.45) is 0 Å². The number of hydrogen-bond acceptors (Lipinski definition) is 8. The van der Waals surface area contributed by atoms with Crippen LogP contribution in [0.3, 0.4) is 0 Å². The fourth-order valence-corrected chi connectivity index (χ4v) is 5.79. The van der Waals surface area contributed by atoms with Crippen LogP contribution in [-0.2, 0) is 22.4 Å². The van der Waals surface area contributed by atoms with Gasteiger partial charge >= 0.3 is 12.1 Å². The normalized spacial score (nSPS) is 18.7. The highest BCUT2D eigenvalue weighted by Gasteiger charge is 2.43. The Kier molecular flexibility index (Phi) is 8.66. The summed E-state index contributed by atoms with van der Waals surface area (Å²) in [7, 11) is 1.34. The molecule has 39 heavy (non-hydrogen) atoms. The van der Waals surface area contributed by atoms with E-state index in [2.05, 4.69) is 10.2 Å². The molecule has 8 nitrogen and oxygen atoms in total. The molecular weight excluding hydrogens is 515 g/mol. The topological polar surface area (TPSA) is 82.2 Å². The summed E-state index contributed by atoms with van der Waals surface area (Å²) in [5, 5.41) is 3.94. The summed E-state index contributed by atoms with van der Waals surface area (Å²) < 4.78 is 62.1. The van der Waals surface area contributed by atoms with Crippen molar-refractivity contribution in [3.05, 3.63) is 17.2 Å². The molecule has 0 radical (unpaired) electrons. The van der Waals surface area contributed by atoms with Crippen LogP contribution in [0.2, 0.25) is 0 Å². The molecule has 0 unspecified atom stereocenters. The maximum Gasteiger partial charge on any atom is 0.491 e. The standard InChI is InChI=1S/C28H36F3N3O5/c1-36-24-22(38-14-6-13-34-11-4-5-12-34)17-21-23(25(24)39-27(35)28(29,30)31)19-7-2-3-8-20(19)26(33-21)32-18-9-15-37-16-10-18/h17-18H,2-16H2,1H3,(H,32,33). The first-order chi connectivity index (χ1) is 18.8. The Morgan fingerprint density at radius 3 is 2.51 bits per heavy atom. The average Bonchev–Trinajstić information content (AvgIpc) is 3.45. The van der Waals surface area contributed by atoms with E-state index >= 15 is 0 Å². The van der Waals surface area contributed by atoms with Crippen molar-refractivity contribution in [2.45, 2.75) is 70.0 Å². The molecule has 0 spiro atoms. The van der Waals surface area contributed by atoms with E-state index in [0.717, 1.165) is 75.1 Å². The number of alkyl halides is 3. The molecule has 3 heterocycles. The highest BCUT2D eigenvalue weighted by molar-refractivity contribution is 5.97. The highest BCUT2D eigenvalue weighted by atomic mass is 19.4. The Labute approximate surface area is 226 Å². The summed E-state index contributed by atoms with van der Waals surface area (Å²) in [5.41, 5.74) is 2.20. The van der Waals surface area contributed by atoms with Crippen molar-refractivity contribution >= 4 is 22.7 Å². The number of halogens is 3. The lowest BCUT2D eigenvalue weighted by atomic mass is 9.88. The third-order valence-electron chi connectivity index (χ3n) is 7.74. The molecule has 0 amide bonds. The van der Waals surface area contributed by atoms with Crippen molar-refractivity contribution in [3.63, 3.8) is 0 Å². The molecule has 2 aromatic rings. The lowest BCUT2D eigenvalue weighted by Gasteiger charge is -2.28. The first-order valence-corrected chi connectivity index (χ1v) is 13.9. The van der Waals surface area contributed by atoms with Crippen LogP contribution in [-0.4, -0.2) is 74.6 Å². The molecule has 5 rings (SSSR count). The van der Waals surface area contributed by atoms with Crippen molar-refractivity contribution in [1.29, 1.82) is 0 Å². The molecule has 1 N–H and O–H groups in total. The van der Waals surface area contributed by atoms with E-state index in [0.29, 0.717) is 37.1 Å². The van der Waals surface area contributed by atoms with Crippen LogP contribution in [0.25, 0.3) is 10.9 Å². The molecule has 1 aromatic carbocycles. The minimum Gasteiger partial charge on any atom is -0.490 e. The molecule has 2 saturated heterocycles. The van der Waals surface area contributed by atoms with Gasteiger partial charge in [0.15, 0.2) is 11.5 Å². The number of hydrogen-bond donors (Lipinski definition) is 1. The molecular formula is C28H36F3N3O5. The predicted molar refractivity (Wildman–Crippen MR) is 140 cm³/mol. The quantitative estimate of drug-likeness (QED) is 0.264. The minimum atomic E-state index is -5.16. The van der Waals surface area contributed by atoms with Crippen LogP contribution >= 0.6 is 0 Å². The summed E-state index contributed by atoms with van der Waals surface area (Å²) in [4.78, 5) is 19.3. The Balaban J connectivity index is 1.55. The molecule has 1 aromatic heterocycles. The number of aromatic nitrogens is 1. The van der Waals surface area contributed by atoms with Gasteiger partial charge in [0.2, 0.25) is 5.75 Å². The number of esters is 1. The second-order valence-electron chi connectivity index (χ2n) is 10.4. The van der Waals surface area contributed by atoms with Crippen molar-refractivity contribution in [3.8, 4) is 17.2 Å². The smallest absolute Gasteiger partial charge is 0.490 e. The highest BCUT2D eigenvalue weighted by Crippen LogP contribution is 2.48. The van der Waals surface area contributed by atoms with E-state index in [1.807, 2.05) is 0 Å². The molecule has 0 saturated carbocycles. The lowest BCUT2D eigenvalue weighted by molar-refractivity contribution is -0.189. The van der Waals surface area contributed by atoms with Gasteiger partial charge in [0.05, 0.1) is 24.6 Å². The number of anilines is 1. The van der Waals surface area contributed by atoms with Gasteiger partial charge in [-0.05, 0) is 82.0 Å². The van der Waals surface area contributed by atoms with E-state index in [1.165, 1.54) is 20.0 Å². The van der Waals surface area contributed by atoms with Gasteiger partial charge in [0.1, 0.15) is 5.82 Å². The summed E-state index contributed by atoms with van der Waals surface area (Å²) in [5.74, 6) is -1.68. The number of fused-ring (bicyclic) bond motifs is 3. The maximum atomic E-state index is 13.3. The number of carbonyl (C=O) groups is 1. The molecule has 0 bridgehead atoms. The predicted octanol–water partition coefficient (Wildman–Crippen LogP) is 5.05. The van der Waals surface area contributed by atoms with Crippen molar-refractivity contribution < 1.29 is 36.9 Å². The fourth-order valence-electron chi connectivity index (χ4n) is 5.79. The largest absolute Gasteiger partial charge is 0.491 e. The number of carbonyl (C=O) groups excluding carboxylic acids is 1. The Morgan fingerprint density at radius 1 is 1.10 bits per heavy atom. The van der Waals surface area contributed by atoms with Crippen LogP contribution in [0, 0.1) is 0 Å². The average molecular weight is 552 g/mol. The molecule has 0 atom stereocenters. The van der Waals surface area contributed by atoms with Crippen molar-refractivity contribution in [1.82, 2.24) is 9.88 Å². The van der Waals surface area contributed by atoms with Crippen LogP contribution < -0.4 is 19.5 Å². The van der Waals surface area contributed by atoms with E-state index < -0.39 is 12.1 Å². The van der Waals surface area contributed by atoms with Crippen LogP contribution in [0.5, 0.6) is 17.2 Å². The third kappa shape index (κ3) is 6.35. The van der Waals surface area contributed by atoms with Crippen LogP contribution in [0.4, 0.5) is 19.0 Å².